The van der Waals surface area contributed by atoms with Crippen molar-refractivity contribution in [1.82, 2.24) is 4.98 Å². The lowest BCUT2D eigenvalue weighted by atomic mass is 10.2. The van der Waals surface area contributed by atoms with E-state index in [2.05, 4.69) is 15.2 Å². The summed E-state index contributed by atoms with van der Waals surface area (Å²) in [7, 11) is 1.80. The van der Waals surface area contributed by atoms with Crippen LogP contribution in [0.2, 0.25) is 10.0 Å². The van der Waals surface area contributed by atoms with Gasteiger partial charge in [-0.25, -0.2) is 4.98 Å². The van der Waals surface area contributed by atoms with E-state index in [1.165, 1.54) is 0 Å². The molecule has 2 unspecified atom stereocenters. The molecular weight excluding hydrogens is 273 g/mol. The molecule has 1 aromatic heterocycles. The topological polar surface area (TPSA) is 37.4 Å². The summed E-state index contributed by atoms with van der Waals surface area (Å²) in [5.74, 6) is 1.46. The number of fused-ring (bicyclic) bond motifs is 2. The quantitative estimate of drug-likeness (QED) is 0.908. The molecule has 18 heavy (non-hydrogen) atoms. The van der Waals surface area contributed by atoms with Crippen molar-refractivity contribution in [2.75, 3.05) is 30.4 Å². The van der Waals surface area contributed by atoms with E-state index < -0.39 is 0 Å². The molecule has 2 atom stereocenters. The Morgan fingerprint density at radius 3 is 2.56 bits per heavy atom. The number of morpholine rings is 1. The van der Waals surface area contributed by atoms with Gasteiger partial charge in [0.1, 0.15) is 11.6 Å². The zero-order valence-electron chi connectivity index (χ0n) is 10.1. The summed E-state index contributed by atoms with van der Waals surface area (Å²) in [5, 5.41) is 4.12. The van der Waals surface area contributed by atoms with Crippen molar-refractivity contribution in [3.63, 3.8) is 0 Å². The van der Waals surface area contributed by atoms with Gasteiger partial charge in [0.25, 0.3) is 0 Å². The first-order valence-electron chi connectivity index (χ1n) is 6.11. The fraction of sp³-hybridized carbons (Fsp3) is 0.583. The van der Waals surface area contributed by atoms with Crippen LogP contribution in [0.4, 0.5) is 11.6 Å². The van der Waals surface area contributed by atoms with Crippen molar-refractivity contribution in [2.45, 2.75) is 25.0 Å². The van der Waals surface area contributed by atoms with Gasteiger partial charge in [-0.2, -0.15) is 0 Å². The summed E-state index contributed by atoms with van der Waals surface area (Å²) >= 11 is 12.3. The molecule has 0 radical (unpaired) electrons. The molecule has 2 aliphatic heterocycles. The van der Waals surface area contributed by atoms with Crippen LogP contribution in [0, 0.1) is 0 Å². The highest BCUT2D eigenvalue weighted by molar-refractivity contribution is 6.37. The molecule has 2 bridgehead atoms. The Balaban J connectivity index is 1.91. The molecule has 4 nitrogen and oxygen atoms in total. The van der Waals surface area contributed by atoms with Crippen LogP contribution in [0.15, 0.2) is 6.07 Å². The number of aromatic nitrogens is 1. The van der Waals surface area contributed by atoms with E-state index in [9.17, 15) is 0 Å². The minimum Gasteiger partial charge on any atom is -0.372 e. The Kier molecular flexibility index (Phi) is 3.26. The number of hydrogen-bond acceptors (Lipinski definition) is 4. The van der Waals surface area contributed by atoms with Crippen LogP contribution in [0.5, 0.6) is 0 Å². The minimum atomic E-state index is 0.315. The van der Waals surface area contributed by atoms with Gasteiger partial charge in [0.05, 0.1) is 22.3 Å². The number of anilines is 2. The summed E-state index contributed by atoms with van der Waals surface area (Å²) in [5.41, 5.74) is 0. The SMILES string of the molecule is CNc1nc(N2CC3CCC(C2)O3)c(Cl)cc1Cl. The molecule has 0 aromatic carbocycles. The lowest BCUT2D eigenvalue weighted by molar-refractivity contribution is 0.0302. The number of pyridine rings is 1. The third-order valence-corrected chi connectivity index (χ3v) is 4.06. The molecule has 1 N–H and O–H groups in total. The van der Waals surface area contributed by atoms with Gasteiger partial charge in [-0.15, -0.1) is 0 Å². The molecule has 2 aliphatic rings. The predicted molar refractivity (Wildman–Crippen MR) is 73.9 cm³/mol. The zero-order chi connectivity index (χ0) is 12.7. The second-order valence-corrected chi connectivity index (χ2v) is 5.55. The van der Waals surface area contributed by atoms with Crippen LogP contribution >= 0.6 is 23.2 Å². The maximum Gasteiger partial charge on any atom is 0.150 e. The Hall–Kier alpha value is -0.710. The third kappa shape index (κ3) is 2.13. The molecule has 6 heteroatoms. The number of halogens is 2. The summed E-state index contributed by atoms with van der Waals surface area (Å²) in [6.07, 6.45) is 2.89. The van der Waals surface area contributed by atoms with Gasteiger partial charge in [-0.3, -0.25) is 0 Å². The van der Waals surface area contributed by atoms with Gasteiger partial charge in [-0.05, 0) is 18.9 Å². The molecule has 0 aliphatic carbocycles. The van der Waals surface area contributed by atoms with Gasteiger partial charge in [0, 0.05) is 20.1 Å². The molecule has 2 saturated heterocycles. The largest absolute Gasteiger partial charge is 0.372 e. The fourth-order valence-corrected chi connectivity index (χ4v) is 3.21. The van der Waals surface area contributed by atoms with E-state index in [4.69, 9.17) is 27.9 Å². The van der Waals surface area contributed by atoms with E-state index in [1.54, 1.807) is 13.1 Å². The zero-order valence-corrected chi connectivity index (χ0v) is 11.6. The van der Waals surface area contributed by atoms with E-state index in [0.29, 0.717) is 28.1 Å². The highest BCUT2D eigenvalue weighted by Crippen LogP contribution is 2.35. The summed E-state index contributed by atoms with van der Waals surface area (Å²) in [4.78, 5) is 6.71. The normalized spacial score (nSPS) is 26.5. The van der Waals surface area contributed by atoms with Gasteiger partial charge in [0.15, 0.2) is 0 Å². The van der Waals surface area contributed by atoms with E-state index in [0.717, 1.165) is 31.7 Å². The second kappa shape index (κ2) is 4.76. The van der Waals surface area contributed by atoms with E-state index in [1.807, 2.05) is 0 Å². The first kappa shape index (κ1) is 12.3. The van der Waals surface area contributed by atoms with Gasteiger partial charge in [0.2, 0.25) is 0 Å². The van der Waals surface area contributed by atoms with Crippen molar-refractivity contribution in [3.05, 3.63) is 16.1 Å². The van der Waals surface area contributed by atoms with Crippen LogP contribution < -0.4 is 10.2 Å². The van der Waals surface area contributed by atoms with Crippen molar-refractivity contribution < 1.29 is 4.74 Å². The Morgan fingerprint density at radius 1 is 1.28 bits per heavy atom. The summed E-state index contributed by atoms with van der Waals surface area (Å²) < 4.78 is 5.81. The van der Waals surface area contributed by atoms with Crippen LogP contribution in [0.25, 0.3) is 0 Å². The van der Waals surface area contributed by atoms with Crippen LogP contribution in [-0.4, -0.2) is 37.3 Å². The Labute approximate surface area is 116 Å². The highest BCUT2D eigenvalue weighted by Gasteiger charge is 2.35. The van der Waals surface area contributed by atoms with Gasteiger partial charge in [-0.1, -0.05) is 23.2 Å². The van der Waals surface area contributed by atoms with Crippen LogP contribution in [0.1, 0.15) is 12.8 Å². The highest BCUT2D eigenvalue weighted by atomic mass is 35.5. The lowest BCUT2D eigenvalue weighted by Crippen LogP contribution is -2.43. The van der Waals surface area contributed by atoms with Crippen LogP contribution in [-0.2, 0) is 4.74 Å². The predicted octanol–water partition coefficient (Wildman–Crippen LogP) is 2.80. The van der Waals surface area contributed by atoms with Gasteiger partial charge < -0.3 is 15.0 Å². The number of rotatable bonds is 2. The monoisotopic (exact) mass is 287 g/mol. The molecule has 0 spiro atoms. The first-order chi connectivity index (χ1) is 8.67. The molecule has 0 amide bonds. The molecule has 2 fully saturated rings. The van der Waals surface area contributed by atoms with Crippen molar-refractivity contribution in [3.8, 4) is 0 Å². The molecule has 1 aromatic rings. The maximum absolute atomic E-state index is 6.25. The Morgan fingerprint density at radius 2 is 1.94 bits per heavy atom. The molecular formula is C12H15Cl2N3O. The van der Waals surface area contributed by atoms with Gasteiger partial charge >= 0.3 is 0 Å². The smallest absolute Gasteiger partial charge is 0.150 e. The van der Waals surface area contributed by atoms with E-state index >= 15 is 0 Å². The third-order valence-electron chi connectivity index (χ3n) is 3.49. The summed E-state index contributed by atoms with van der Waals surface area (Å²) in [6.45, 7) is 1.71. The number of ether oxygens (including phenoxy) is 1. The number of nitrogens with one attached hydrogen (secondary N) is 1. The molecule has 3 heterocycles. The van der Waals surface area contributed by atoms with Crippen molar-refractivity contribution >= 4 is 34.8 Å². The summed E-state index contributed by atoms with van der Waals surface area (Å²) in [6, 6.07) is 1.74. The second-order valence-electron chi connectivity index (χ2n) is 4.74. The van der Waals surface area contributed by atoms with Crippen LogP contribution in [0.3, 0.4) is 0 Å². The van der Waals surface area contributed by atoms with Crippen molar-refractivity contribution in [2.24, 2.45) is 0 Å². The lowest BCUT2D eigenvalue weighted by Gasteiger charge is -2.33. The fourth-order valence-electron chi connectivity index (χ4n) is 2.64. The standard InChI is InChI=1S/C12H15Cl2N3O/c1-15-11-9(13)4-10(14)12(16-11)17-5-7-2-3-8(6-17)18-7/h4,7-8H,2-3,5-6H2,1H3,(H,15,16). The Bertz CT molecular complexity index is 457. The molecule has 98 valence electrons. The first-order valence-corrected chi connectivity index (χ1v) is 6.87. The van der Waals surface area contributed by atoms with Crippen molar-refractivity contribution in [1.29, 1.82) is 0 Å². The molecule has 3 rings (SSSR count). The minimum absolute atomic E-state index is 0.315. The number of hydrogen-bond donors (Lipinski definition) is 1. The van der Waals surface area contributed by atoms with E-state index in [-0.39, 0.29) is 0 Å². The average Bonchev–Trinajstić information content (AvgIpc) is 2.68. The maximum atomic E-state index is 6.25. The average molecular weight is 288 g/mol. The molecule has 0 saturated carbocycles. The number of nitrogens with zero attached hydrogens (tertiary/aromatic N) is 2.